The summed E-state index contributed by atoms with van der Waals surface area (Å²) < 4.78 is 5.12. The van der Waals surface area contributed by atoms with Gasteiger partial charge in [-0.25, -0.2) is 4.79 Å². The molecule has 2 spiro atoms. The quantitative estimate of drug-likeness (QED) is 0.725. The van der Waals surface area contributed by atoms with Crippen LogP contribution in [0.1, 0.15) is 65.2 Å². The van der Waals surface area contributed by atoms with Crippen LogP contribution >= 0.6 is 0 Å². The minimum atomic E-state index is -1.01. The molecule has 1 heterocycles. The van der Waals surface area contributed by atoms with E-state index in [-0.39, 0.29) is 17.9 Å². The number of primary amides is 1. The molecule has 1 aliphatic heterocycles. The number of ether oxygens (including phenoxy) is 1. The molecule has 5 atom stereocenters. The summed E-state index contributed by atoms with van der Waals surface area (Å²) in [5.41, 5.74) is 5.13. The lowest BCUT2D eigenvalue weighted by Gasteiger charge is -2.55. The molecule has 2 bridgehead atoms. The molecule has 4 rings (SSSR count). The van der Waals surface area contributed by atoms with Crippen molar-refractivity contribution in [1.82, 2.24) is 0 Å². The zero-order chi connectivity index (χ0) is 17.7. The van der Waals surface area contributed by atoms with Gasteiger partial charge in [0.1, 0.15) is 6.10 Å². The molecule has 142 valence electrons. The van der Waals surface area contributed by atoms with Gasteiger partial charge in [-0.2, -0.15) is 19.6 Å². The maximum Gasteiger partial charge on any atom is 0.404 e. The predicted octanol–water partition coefficient (Wildman–Crippen LogP) is 3.42. The van der Waals surface area contributed by atoms with Gasteiger partial charge in [-0.15, -0.1) is 0 Å². The molecule has 0 radical (unpaired) electrons. The van der Waals surface area contributed by atoms with Crippen molar-refractivity contribution >= 4 is 6.09 Å². The summed E-state index contributed by atoms with van der Waals surface area (Å²) in [5, 5.41) is 0. The predicted molar refractivity (Wildman–Crippen MR) is 86.5 cm³/mol. The molecule has 4 fully saturated rings. The number of carbonyl (C=O) groups is 1. The van der Waals surface area contributed by atoms with Crippen molar-refractivity contribution in [3.63, 3.8) is 0 Å². The van der Waals surface area contributed by atoms with Crippen LogP contribution in [0.15, 0.2) is 0 Å². The number of rotatable bonds is 1. The number of carbonyl (C=O) groups excluding carboxylic acids is 1. The Balaban J connectivity index is 1.46. The first-order valence-electron chi connectivity index (χ1n) is 9.60. The van der Waals surface area contributed by atoms with Gasteiger partial charge in [-0.05, 0) is 50.4 Å². The fourth-order valence-corrected chi connectivity index (χ4v) is 5.51. The lowest BCUT2D eigenvalue weighted by atomic mass is 9.62. The summed E-state index contributed by atoms with van der Waals surface area (Å²) in [4.78, 5) is 34.6. The number of hydrogen-bond donors (Lipinski definition) is 1. The Labute approximate surface area is 148 Å². The van der Waals surface area contributed by atoms with E-state index in [1.165, 1.54) is 6.42 Å². The van der Waals surface area contributed by atoms with E-state index in [9.17, 15) is 4.79 Å². The number of amides is 1. The second kappa shape index (κ2) is 6.37. The Morgan fingerprint density at radius 2 is 1.84 bits per heavy atom. The van der Waals surface area contributed by atoms with Crippen molar-refractivity contribution in [3.05, 3.63) is 0 Å². The second-order valence-electron chi connectivity index (χ2n) is 8.63. The summed E-state index contributed by atoms with van der Waals surface area (Å²) in [6, 6.07) is 0. The van der Waals surface area contributed by atoms with Gasteiger partial charge in [0.05, 0.1) is 0 Å². The highest BCUT2D eigenvalue weighted by atomic mass is 17.4. The lowest BCUT2D eigenvalue weighted by molar-refractivity contribution is -0.677. The Kier molecular flexibility index (Phi) is 4.46. The van der Waals surface area contributed by atoms with Crippen LogP contribution in [0.3, 0.4) is 0 Å². The molecular formula is C18H29NO6. The zero-order valence-electron chi connectivity index (χ0n) is 15.1. The Morgan fingerprint density at radius 1 is 1.08 bits per heavy atom. The third-order valence-electron chi connectivity index (χ3n) is 6.54. The van der Waals surface area contributed by atoms with Gasteiger partial charge in [-0.1, -0.05) is 13.8 Å². The molecule has 7 nitrogen and oxygen atoms in total. The van der Waals surface area contributed by atoms with Crippen molar-refractivity contribution in [1.29, 1.82) is 0 Å². The second-order valence-corrected chi connectivity index (χ2v) is 8.63. The normalized spacial score (nSPS) is 49.9. The number of nitrogens with two attached hydrogens (primary N) is 1. The fourth-order valence-electron chi connectivity index (χ4n) is 5.51. The third-order valence-corrected chi connectivity index (χ3v) is 6.54. The van der Waals surface area contributed by atoms with E-state index in [1.54, 1.807) is 0 Å². The van der Waals surface area contributed by atoms with E-state index in [1.807, 2.05) is 0 Å². The minimum Gasteiger partial charge on any atom is -0.446 e. The average Bonchev–Trinajstić information content (AvgIpc) is 2.54. The van der Waals surface area contributed by atoms with E-state index in [2.05, 4.69) is 13.8 Å². The van der Waals surface area contributed by atoms with Crippen LogP contribution in [0.5, 0.6) is 0 Å². The first kappa shape index (κ1) is 17.5. The molecule has 25 heavy (non-hydrogen) atoms. The van der Waals surface area contributed by atoms with Crippen LogP contribution in [0.25, 0.3) is 0 Å². The molecule has 3 saturated carbocycles. The van der Waals surface area contributed by atoms with Gasteiger partial charge < -0.3 is 10.5 Å². The maximum absolute atomic E-state index is 11.0. The van der Waals surface area contributed by atoms with Gasteiger partial charge in [0.25, 0.3) is 0 Å². The Hall–Kier alpha value is -0.890. The largest absolute Gasteiger partial charge is 0.446 e. The molecule has 0 aromatic carbocycles. The third kappa shape index (κ3) is 3.16. The lowest BCUT2D eigenvalue weighted by Crippen LogP contribution is -2.62. The Bertz CT molecular complexity index is 514. The smallest absolute Gasteiger partial charge is 0.404 e. The number of hydrogen-bond acceptors (Lipinski definition) is 6. The molecule has 1 saturated heterocycles. The summed E-state index contributed by atoms with van der Waals surface area (Å²) in [7, 11) is 0. The number of fused-ring (bicyclic) bond motifs is 3. The summed E-state index contributed by atoms with van der Waals surface area (Å²) >= 11 is 0. The van der Waals surface area contributed by atoms with Crippen molar-refractivity contribution in [3.8, 4) is 0 Å². The van der Waals surface area contributed by atoms with Crippen LogP contribution in [0, 0.1) is 23.7 Å². The molecular weight excluding hydrogens is 326 g/mol. The SMILES string of the molecule is CC1CC2CC(C)C3(OOC4(CCCC(OC(N)=O)C4)OO3)C(C1)C2. The summed E-state index contributed by atoms with van der Waals surface area (Å²) in [6.07, 6.45) is 5.92. The molecule has 3 aliphatic carbocycles. The van der Waals surface area contributed by atoms with E-state index < -0.39 is 17.7 Å². The molecule has 4 aliphatic rings. The van der Waals surface area contributed by atoms with Crippen LogP contribution in [-0.4, -0.2) is 23.8 Å². The van der Waals surface area contributed by atoms with Crippen LogP contribution in [0.2, 0.25) is 0 Å². The van der Waals surface area contributed by atoms with Gasteiger partial charge >= 0.3 is 6.09 Å². The Morgan fingerprint density at radius 3 is 2.56 bits per heavy atom. The zero-order valence-corrected chi connectivity index (χ0v) is 15.1. The van der Waals surface area contributed by atoms with Gasteiger partial charge in [0, 0.05) is 24.7 Å². The first-order chi connectivity index (χ1) is 11.9. The van der Waals surface area contributed by atoms with Crippen molar-refractivity contribution in [2.24, 2.45) is 29.4 Å². The van der Waals surface area contributed by atoms with Gasteiger partial charge in [0.2, 0.25) is 11.6 Å². The molecule has 0 aromatic rings. The first-order valence-corrected chi connectivity index (χ1v) is 9.60. The van der Waals surface area contributed by atoms with Gasteiger partial charge in [-0.3, -0.25) is 0 Å². The van der Waals surface area contributed by atoms with E-state index in [0.717, 1.165) is 38.0 Å². The summed E-state index contributed by atoms with van der Waals surface area (Å²) in [6.45, 7) is 4.45. The highest BCUT2D eigenvalue weighted by Crippen LogP contribution is 2.55. The van der Waals surface area contributed by atoms with E-state index >= 15 is 0 Å². The average molecular weight is 355 g/mol. The van der Waals surface area contributed by atoms with Crippen LogP contribution in [-0.2, 0) is 24.3 Å². The van der Waals surface area contributed by atoms with E-state index in [0.29, 0.717) is 18.8 Å². The molecule has 2 N–H and O–H groups in total. The molecule has 7 heteroatoms. The van der Waals surface area contributed by atoms with Crippen LogP contribution in [0.4, 0.5) is 4.79 Å². The standard InChI is InChI=1S/C18H29NO6/c1-11-6-13-8-12(2)18(14(7-11)9-13)24-22-17(23-25-18)5-3-4-15(10-17)21-16(19)20/h11-15H,3-10H2,1-2H3,(H2,19,20). The highest BCUT2D eigenvalue weighted by Gasteiger charge is 2.60. The molecule has 1 amide bonds. The topological polar surface area (TPSA) is 89.2 Å². The maximum atomic E-state index is 11.0. The molecule has 0 aromatic heterocycles. The van der Waals surface area contributed by atoms with Crippen molar-refractivity contribution < 1.29 is 29.1 Å². The fraction of sp³-hybridized carbons (Fsp3) is 0.944. The van der Waals surface area contributed by atoms with Crippen molar-refractivity contribution in [2.75, 3.05) is 0 Å². The molecule has 5 unspecified atom stereocenters. The minimum absolute atomic E-state index is 0.211. The monoisotopic (exact) mass is 355 g/mol. The highest BCUT2D eigenvalue weighted by molar-refractivity contribution is 5.64. The van der Waals surface area contributed by atoms with Crippen molar-refractivity contribution in [2.45, 2.75) is 82.9 Å². The van der Waals surface area contributed by atoms with E-state index in [4.69, 9.17) is 30.0 Å². The van der Waals surface area contributed by atoms with Gasteiger partial charge in [0.15, 0.2) is 0 Å². The summed E-state index contributed by atoms with van der Waals surface area (Å²) in [5.74, 6) is 0.0553. The van der Waals surface area contributed by atoms with Crippen LogP contribution < -0.4 is 5.73 Å².